The van der Waals surface area contributed by atoms with Crippen molar-refractivity contribution in [1.82, 2.24) is 20.0 Å². The number of H-pyrrole nitrogens is 1. The van der Waals surface area contributed by atoms with Gasteiger partial charge in [0.05, 0.1) is 0 Å². The Labute approximate surface area is 106 Å². The molecule has 2 rings (SSSR count). The Balaban J connectivity index is 2.00. The minimum atomic E-state index is 0.391. The van der Waals surface area contributed by atoms with E-state index in [-0.39, 0.29) is 0 Å². The van der Waals surface area contributed by atoms with Gasteiger partial charge in [-0.25, -0.2) is 0 Å². The zero-order chi connectivity index (χ0) is 13.0. The molecule has 0 bridgehead atoms. The molecule has 0 fully saturated rings. The zero-order valence-electron chi connectivity index (χ0n) is 10.7. The van der Waals surface area contributed by atoms with Gasteiger partial charge >= 0.3 is 0 Å². The number of anilines is 2. The van der Waals surface area contributed by atoms with Gasteiger partial charge in [-0.3, -0.25) is 9.78 Å². The summed E-state index contributed by atoms with van der Waals surface area (Å²) in [5, 5.41) is 11.2. The van der Waals surface area contributed by atoms with Gasteiger partial charge in [0.25, 0.3) is 0 Å². The molecule has 5 N–H and O–H groups in total. The van der Waals surface area contributed by atoms with Crippen LogP contribution < -0.4 is 11.5 Å². The molecule has 0 aliphatic rings. The molecule has 2 aromatic heterocycles. The van der Waals surface area contributed by atoms with Crippen LogP contribution in [0.25, 0.3) is 11.4 Å². The molecule has 6 heteroatoms. The van der Waals surface area contributed by atoms with E-state index in [9.17, 15) is 0 Å². The van der Waals surface area contributed by atoms with E-state index in [0.29, 0.717) is 17.2 Å². The molecule has 18 heavy (non-hydrogen) atoms. The van der Waals surface area contributed by atoms with Gasteiger partial charge in [-0.15, -0.1) is 0 Å². The minimum absolute atomic E-state index is 0.391. The van der Waals surface area contributed by atoms with Crippen molar-refractivity contribution in [2.24, 2.45) is 0 Å². The van der Waals surface area contributed by atoms with E-state index in [2.05, 4.69) is 22.2 Å². The van der Waals surface area contributed by atoms with Gasteiger partial charge < -0.3 is 11.5 Å². The molecule has 0 saturated carbocycles. The predicted octanol–water partition coefficient (Wildman–Crippen LogP) is 2.02. The van der Waals surface area contributed by atoms with E-state index in [4.69, 9.17) is 11.5 Å². The highest BCUT2D eigenvalue weighted by Gasteiger charge is 2.12. The maximum atomic E-state index is 5.82. The molecule has 0 spiro atoms. The largest absolute Gasteiger partial charge is 0.394 e. The van der Waals surface area contributed by atoms with E-state index in [0.717, 1.165) is 18.7 Å². The van der Waals surface area contributed by atoms with E-state index in [1.807, 2.05) is 16.9 Å². The van der Waals surface area contributed by atoms with Crippen LogP contribution in [0, 0.1) is 0 Å². The maximum Gasteiger partial charge on any atom is 0.143 e. The van der Waals surface area contributed by atoms with Crippen LogP contribution in [0.1, 0.15) is 32.6 Å². The van der Waals surface area contributed by atoms with Crippen LogP contribution in [0.3, 0.4) is 0 Å². The second kappa shape index (κ2) is 5.57. The summed E-state index contributed by atoms with van der Waals surface area (Å²) in [7, 11) is 0. The number of aromatic nitrogens is 4. The molecular formula is C12H20N6. The molecule has 0 aliphatic carbocycles. The van der Waals surface area contributed by atoms with Gasteiger partial charge in [0.1, 0.15) is 22.9 Å². The van der Waals surface area contributed by atoms with Crippen LogP contribution in [0.4, 0.5) is 11.5 Å². The minimum Gasteiger partial charge on any atom is -0.394 e. The standard InChI is InChI=1S/C12H20N6/c1-2-3-4-5-7-18-8-6-9(17-18)11-10(13)12(14)16-15-11/h6,8H,2-5,7,13H2,1H3,(H3,14,15,16). The van der Waals surface area contributed by atoms with Crippen LogP contribution in [-0.4, -0.2) is 20.0 Å². The first-order chi connectivity index (χ1) is 8.72. The summed E-state index contributed by atoms with van der Waals surface area (Å²) in [6, 6.07) is 1.91. The van der Waals surface area contributed by atoms with Crippen LogP contribution in [0.5, 0.6) is 0 Å². The highest BCUT2D eigenvalue weighted by molar-refractivity contribution is 5.77. The van der Waals surface area contributed by atoms with Gasteiger partial charge in [-0.05, 0) is 12.5 Å². The molecule has 0 aromatic carbocycles. The Bertz CT molecular complexity index is 498. The Morgan fingerprint density at radius 2 is 2.11 bits per heavy atom. The summed E-state index contributed by atoms with van der Waals surface area (Å²) in [6.07, 6.45) is 6.85. The van der Waals surface area contributed by atoms with Crippen LogP contribution in [-0.2, 0) is 6.54 Å². The number of hydrogen-bond donors (Lipinski definition) is 3. The molecule has 6 nitrogen and oxygen atoms in total. The number of nitrogen functional groups attached to an aromatic ring is 2. The summed E-state index contributed by atoms with van der Waals surface area (Å²) in [6.45, 7) is 3.14. The smallest absolute Gasteiger partial charge is 0.143 e. The SMILES string of the molecule is CCCCCCn1ccc(-c2n[nH]c(N)c2N)n1. The summed E-state index contributed by atoms with van der Waals surface area (Å²) in [5.41, 5.74) is 13.3. The average molecular weight is 248 g/mol. The maximum absolute atomic E-state index is 5.82. The normalized spacial score (nSPS) is 10.9. The first-order valence-corrected chi connectivity index (χ1v) is 6.35. The van der Waals surface area contributed by atoms with Crippen LogP contribution in [0.15, 0.2) is 12.3 Å². The van der Waals surface area contributed by atoms with Crippen molar-refractivity contribution in [3.05, 3.63) is 12.3 Å². The molecule has 98 valence electrons. The van der Waals surface area contributed by atoms with E-state index in [1.165, 1.54) is 19.3 Å². The van der Waals surface area contributed by atoms with Crippen molar-refractivity contribution in [3.8, 4) is 11.4 Å². The number of hydrogen-bond acceptors (Lipinski definition) is 4. The quantitative estimate of drug-likeness (QED) is 0.681. The lowest BCUT2D eigenvalue weighted by Gasteiger charge is -2.00. The number of nitrogens with one attached hydrogen (secondary N) is 1. The van der Waals surface area contributed by atoms with Crippen molar-refractivity contribution in [3.63, 3.8) is 0 Å². The number of aryl methyl sites for hydroxylation is 1. The fourth-order valence-electron chi connectivity index (χ4n) is 1.87. The molecule has 2 aromatic rings. The van der Waals surface area contributed by atoms with Crippen molar-refractivity contribution in [2.75, 3.05) is 11.5 Å². The molecule has 0 unspecified atom stereocenters. The number of unbranched alkanes of at least 4 members (excludes halogenated alkanes) is 3. The molecule has 0 aliphatic heterocycles. The predicted molar refractivity (Wildman–Crippen MR) is 72.8 cm³/mol. The van der Waals surface area contributed by atoms with E-state index < -0.39 is 0 Å². The van der Waals surface area contributed by atoms with Gasteiger partial charge in [-0.2, -0.15) is 10.2 Å². The van der Waals surface area contributed by atoms with Crippen molar-refractivity contribution >= 4 is 11.5 Å². The lowest BCUT2D eigenvalue weighted by atomic mass is 10.2. The van der Waals surface area contributed by atoms with E-state index >= 15 is 0 Å². The topological polar surface area (TPSA) is 98.5 Å². The Morgan fingerprint density at radius 3 is 2.78 bits per heavy atom. The lowest BCUT2D eigenvalue weighted by Crippen LogP contribution is -1.99. The van der Waals surface area contributed by atoms with Gasteiger partial charge in [0, 0.05) is 12.7 Å². The van der Waals surface area contributed by atoms with Crippen LogP contribution >= 0.6 is 0 Å². The average Bonchev–Trinajstić information content (AvgIpc) is 2.94. The first-order valence-electron chi connectivity index (χ1n) is 6.35. The number of aromatic amines is 1. The molecule has 0 amide bonds. The highest BCUT2D eigenvalue weighted by atomic mass is 15.3. The van der Waals surface area contributed by atoms with Crippen molar-refractivity contribution in [1.29, 1.82) is 0 Å². The Hall–Kier alpha value is -1.98. The molecule has 0 saturated heterocycles. The second-order valence-electron chi connectivity index (χ2n) is 4.42. The fourth-order valence-corrected chi connectivity index (χ4v) is 1.87. The van der Waals surface area contributed by atoms with Gasteiger partial charge in [0.2, 0.25) is 0 Å². The third-order valence-corrected chi connectivity index (χ3v) is 2.96. The summed E-state index contributed by atoms with van der Waals surface area (Å²) in [4.78, 5) is 0. The van der Waals surface area contributed by atoms with Crippen molar-refractivity contribution < 1.29 is 0 Å². The Morgan fingerprint density at radius 1 is 1.28 bits per heavy atom. The molecule has 2 heterocycles. The summed E-state index contributed by atoms with van der Waals surface area (Å²) >= 11 is 0. The second-order valence-corrected chi connectivity index (χ2v) is 4.42. The molecule has 0 atom stereocenters. The monoisotopic (exact) mass is 248 g/mol. The van der Waals surface area contributed by atoms with Crippen molar-refractivity contribution in [2.45, 2.75) is 39.2 Å². The lowest BCUT2D eigenvalue weighted by molar-refractivity contribution is 0.542. The zero-order valence-corrected chi connectivity index (χ0v) is 10.7. The first kappa shape index (κ1) is 12.5. The molecule has 0 radical (unpaired) electrons. The fraction of sp³-hybridized carbons (Fsp3) is 0.500. The summed E-state index contributed by atoms with van der Waals surface area (Å²) < 4.78 is 1.93. The van der Waals surface area contributed by atoms with Crippen LogP contribution in [0.2, 0.25) is 0 Å². The highest BCUT2D eigenvalue weighted by Crippen LogP contribution is 2.25. The number of nitrogens with zero attached hydrogens (tertiary/aromatic N) is 3. The van der Waals surface area contributed by atoms with Gasteiger partial charge in [-0.1, -0.05) is 26.2 Å². The van der Waals surface area contributed by atoms with E-state index in [1.54, 1.807) is 0 Å². The summed E-state index contributed by atoms with van der Waals surface area (Å²) in [5.74, 6) is 0.391. The Kier molecular flexibility index (Phi) is 3.86. The molecular weight excluding hydrogens is 228 g/mol. The number of nitrogens with two attached hydrogens (primary N) is 2. The third kappa shape index (κ3) is 2.64. The van der Waals surface area contributed by atoms with Gasteiger partial charge in [0.15, 0.2) is 0 Å². The third-order valence-electron chi connectivity index (χ3n) is 2.96. The number of rotatable bonds is 6.